The first-order chi connectivity index (χ1) is 5.61. The average molecular weight is 175 g/mol. The molecule has 2 N–H and O–H groups in total. The summed E-state index contributed by atoms with van der Waals surface area (Å²) in [5.74, 6) is -0.397. The van der Waals surface area contributed by atoms with Gasteiger partial charge in [-0.1, -0.05) is 6.92 Å². The largest absolute Gasteiger partial charge is 0.461 e. The van der Waals surface area contributed by atoms with Crippen molar-refractivity contribution in [3.8, 4) is 0 Å². The van der Waals surface area contributed by atoms with Crippen LogP contribution in [0.4, 0.5) is 0 Å². The molecule has 0 fully saturated rings. The van der Waals surface area contributed by atoms with Crippen molar-refractivity contribution in [2.45, 2.75) is 32.4 Å². The maximum atomic E-state index is 11.1. The van der Waals surface area contributed by atoms with Gasteiger partial charge in [0.25, 0.3) is 0 Å². The molecule has 2 atom stereocenters. The molecule has 0 saturated heterocycles. The Morgan fingerprint density at radius 3 is 2.58 bits per heavy atom. The fraction of sp³-hybridized carbons (Fsp3) is 0.875. The average Bonchev–Trinajstić information content (AvgIpc) is 2.04. The predicted octanol–water partition coefficient (Wildman–Crippen LogP) is 0.302. The van der Waals surface area contributed by atoms with Crippen LogP contribution in [0.1, 0.15) is 20.3 Å². The van der Waals surface area contributed by atoms with Crippen LogP contribution in [0.15, 0.2) is 0 Å². The molecule has 0 aromatic rings. The fourth-order valence-electron chi connectivity index (χ4n) is 0.617. The van der Waals surface area contributed by atoms with Crippen LogP contribution in [0.5, 0.6) is 0 Å². The topological polar surface area (TPSA) is 61.5 Å². The van der Waals surface area contributed by atoms with Gasteiger partial charge in [-0.05, 0) is 13.3 Å². The van der Waals surface area contributed by atoms with E-state index in [9.17, 15) is 4.79 Å². The molecular formula is C8H17NO3. The number of carbonyl (C=O) groups is 1. The number of hydrogen-bond donors (Lipinski definition) is 1. The standard InChI is InChI=1S/C8H17NO3/c1-4-6(2)12-8(10)7(9)5-11-3/h6-7H,4-5,9H2,1-3H3. The van der Waals surface area contributed by atoms with Gasteiger partial charge < -0.3 is 15.2 Å². The number of methoxy groups -OCH3 is 1. The first-order valence-electron chi connectivity index (χ1n) is 4.06. The Morgan fingerprint density at radius 2 is 2.17 bits per heavy atom. The van der Waals surface area contributed by atoms with Crippen molar-refractivity contribution in [3.63, 3.8) is 0 Å². The molecule has 4 nitrogen and oxygen atoms in total. The van der Waals surface area contributed by atoms with E-state index in [0.29, 0.717) is 0 Å². The smallest absolute Gasteiger partial charge is 0.325 e. The van der Waals surface area contributed by atoms with E-state index in [4.69, 9.17) is 15.2 Å². The molecule has 2 unspecified atom stereocenters. The summed E-state index contributed by atoms with van der Waals surface area (Å²) in [6.45, 7) is 3.98. The summed E-state index contributed by atoms with van der Waals surface area (Å²) in [6.07, 6.45) is 0.728. The van der Waals surface area contributed by atoms with Gasteiger partial charge in [-0.25, -0.2) is 0 Å². The number of rotatable bonds is 5. The zero-order valence-electron chi connectivity index (χ0n) is 7.87. The molecule has 0 spiro atoms. The van der Waals surface area contributed by atoms with Crippen molar-refractivity contribution in [2.24, 2.45) is 5.73 Å². The van der Waals surface area contributed by atoms with Crippen LogP contribution in [0.2, 0.25) is 0 Å². The maximum absolute atomic E-state index is 11.1. The number of carbonyl (C=O) groups excluding carboxylic acids is 1. The molecule has 4 heteroatoms. The van der Waals surface area contributed by atoms with E-state index in [2.05, 4.69) is 0 Å². The SMILES string of the molecule is CCC(C)OC(=O)C(N)COC. The zero-order chi connectivity index (χ0) is 9.56. The van der Waals surface area contributed by atoms with E-state index < -0.39 is 12.0 Å². The van der Waals surface area contributed by atoms with Gasteiger partial charge in [0.05, 0.1) is 12.7 Å². The molecule has 0 aliphatic heterocycles. The first-order valence-corrected chi connectivity index (χ1v) is 4.06. The van der Waals surface area contributed by atoms with Crippen LogP contribution >= 0.6 is 0 Å². The Morgan fingerprint density at radius 1 is 1.58 bits per heavy atom. The Balaban J connectivity index is 3.70. The third kappa shape index (κ3) is 4.31. The second-order valence-electron chi connectivity index (χ2n) is 2.72. The third-order valence-corrected chi connectivity index (χ3v) is 1.54. The summed E-state index contributed by atoms with van der Waals surface area (Å²) in [5.41, 5.74) is 5.43. The molecule has 0 aromatic heterocycles. The fourth-order valence-corrected chi connectivity index (χ4v) is 0.617. The molecule has 0 aromatic carbocycles. The molecule has 0 bridgehead atoms. The van der Waals surface area contributed by atoms with E-state index in [1.54, 1.807) is 0 Å². The highest BCUT2D eigenvalue weighted by Gasteiger charge is 2.16. The second-order valence-corrected chi connectivity index (χ2v) is 2.72. The predicted molar refractivity (Wildman–Crippen MR) is 45.7 cm³/mol. The van der Waals surface area contributed by atoms with Gasteiger partial charge >= 0.3 is 5.97 Å². The Labute approximate surface area is 73.0 Å². The number of nitrogens with two attached hydrogens (primary N) is 1. The van der Waals surface area contributed by atoms with Crippen molar-refractivity contribution in [1.29, 1.82) is 0 Å². The number of ether oxygens (including phenoxy) is 2. The normalized spacial score (nSPS) is 15.3. The summed E-state index contributed by atoms with van der Waals surface area (Å²) >= 11 is 0. The highest BCUT2D eigenvalue weighted by atomic mass is 16.5. The molecule has 0 rings (SSSR count). The van der Waals surface area contributed by atoms with Crippen molar-refractivity contribution in [2.75, 3.05) is 13.7 Å². The minimum atomic E-state index is -0.663. The molecule has 0 heterocycles. The summed E-state index contributed by atoms with van der Waals surface area (Å²) in [4.78, 5) is 11.1. The quantitative estimate of drug-likeness (QED) is 0.610. The summed E-state index contributed by atoms with van der Waals surface area (Å²) in [6, 6.07) is -0.663. The minimum absolute atomic E-state index is 0.0691. The molecule has 0 radical (unpaired) electrons. The second kappa shape index (κ2) is 5.97. The zero-order valence-corrected chi connectivity index (χ0v) is 7.87. The number of esters is 1. The van der Waals surface area contributed by atoms with Gasteiger partial charge in [0.15, 0.2) is 0 Å². The van der Waals surface area contributed by atoms with E-state index in [-0.39, 0.29) is 12.7 Å². The van der Waals surface area contributed by atoms with Gasteiger partial charge in [-0.3, -0.25) is 4.79 Å². The molecule has 0 aliphatic carbocycles. The Hall–Kier alpha value is -0.610. The molecular weight excluding hydrogens is 158 g/mol. The molecule has 72 valence electrons. The maximum Gasteiger partial charge on any atom is 0.325 e. The Bertz CT molecular complexity index is 138. The molecule has 0 amide bonds. The van der Waals surface area contributed by atoms with Crippen molar-refractivity contribution in [3.05, 3.63) is 0 Å². The van der Waals surface area contributed by atoms with E-state index >= 15 is 0 Å². The number of hydrogen-bond acceptors (Lipinski definition) is 4. The molecule has 0 saturated carbocycles. The summed E-state index contributed by atoms with van der Waals surface area (Å²) in [5, 5.41) is 0. The van der Waals surface area contributed by atoms with Crippen molar-refractivity contribution >= 4 is 5.97 Å². The van der Waals surface area contributed by atoms with E-state index in [0.717, 1.165) is 6.42 Å². The lowest BCUT2D eigenvalue weighted by molar-refractivity contribution is -0.151. The monoisotopic (exact) mass is 175 g/mol. The lowest BCUT2D eigenvalue weighted by atomic mass is 10.3. The lowest BCUT2D eigenvalue weighted by Crippen LogP contribution is -2.37. The van der Waals surface area contributed by atoms with Gasteiger partial charge in [0.2, 0.25) is 0 Å². The van der Waals surface area contributed by atoms with Crippen LogP contribution in [0.3, 0.4) is 0 Å². The highest BCUT2D eigenvalue weighted by Crippen LogP contribution is 1.98. The first kappa shape index (κ1) is 11.4. The summed E-state index contributed by atoms with van der Waals surface area (Å²) < 4.78 is 9.68. The van der Waals surface area contributed by atoms with Gasteiger partial charge in [-0.2, -0.15) is 0 Å². The minimum Gasteiger partial charge on any atom is -0.461 e. The van der Waals surface area contributed by atoms with Crippen LogP contribution in [-0.4, -0.2) is 31.8 Å². The Kier molecular flexibility index (Phi) is 5.66. The van der Waals surface area contributed by atoms with Gasteiger partial charge in [0.1, 0.15) is 6.04 Å². The summed E-state index contributed by atoms with van der Waals surface area (Å²) in [7, 11) is 1.50. The molecule has 12 heavy (non-hydrogen) atoms. The van der Waals surface area contributed by atoms with Gasteiger partial charge in [-0.15, -0.1) is 0 Å². The van der Waals surface area contributed by atoms with Crippen molar-refractivity contribution in [1.82, 2.24) is 0 Å². The van der Waals surface area contributed by atoms with E-state index in [1.165, 1.54) is 7.11 Å². The van der Waals surface area contributed by atoms with Crippen LogP contribution < -0.4 is 5.73 Å². The van der Waals surface area contributed by atoms with Crippen LogP contribution in [-0.2, 0) is 14.3 Å². The lowest BCUT2D eigenvalue weighted by Gasteiger charge is -2.14. The molecule has 0 aliphatic rings. The van der Waals surface area contributed by atoms with Crippen molar-refractivity contribution < 1.29 is 14.3 Å². The third-order valence-electron chi connectivity index (χ3n) is 1.54. The van der Waals surface area contributed by atoms with Crippen LogP contribution in [0, 0.1) is 0 Å². The van der Waals surface area contributed by atoms with Gasteiger partial charge in [0, 0.05) is 7.11 Å². The highest BCUT2D eigenvalue weighted by molar-refractivity contribution is 5.75. The van der Waals surface area contributed by atoms with E-state index in [1.807, 2.05) is 13.8 Å². The van der Waals surface area contributed by atoms with Crippen LogP contribution in [0.25, 0.3) is 0 Å².